The van der Waals surface area contributed by atoms with Crippen molar-refractivity contribution in [1.82, 2.24) is 20.4 Å². The third kappa shape index (κ3) is 3.62. The van der Waals surface area contributed by atoms with Crippen molar-refractivity contribution < 1.29 is 18.0 Å². The van der Waals surface area contributed by atoms with Crippen LogP contribution in [0.4, 0.5) is 18.9 Å². The van der Waals surface area contributed by atoms with Crippen molar-refractivity contribution in [3.8, 4) is 11.3 Å². The number of carbonyl (C=O) groups is 1. The van der Waals surface area contributed by atoms with Crippen molar-refractivity contribution >= 4 is 22.6 Å². The van der Waals surface area contributed by atoms with E-state index in [4.69, 9.17) is 0 Å². The number of fused-ring (bicyclic) bond motifs is 2. The molecule has 2 aliphatic heterocycles. The molecule has 0 atom stereocenters. The minimum absolute atomic E-state index is 0.0191. The van der Waals surface area contributed by atoms with Gasteiger partial charge in [0.25, 0.3) is 5.91 Å². The van der Waals surface area contributed by atoms with Crippen LogP contribution < -0.4 is 10.3 Å². The zero-order chi connectivity index (χ0) is 23.5. The zero-order valence-corrected chi connectivity index (χ0v) is 18.4. The van der Waals surface area contributed by atoms with Crippen molar-refractivity contribution in [1.29, 1.82) is 0 Å². The van der Waals surface area contributed by atoms with Crippen LogP contribution in [0.3, 0.4) is 0 Å². The summed E-state index contributed by atoms with van der Waals surface area (Å²) in [6.07, 6.45) is -4.50. The number of hydrogen-bond donors (Lipinski definition) is 1. The fraction of sp³-hybridized carbons (Fsp3) is 0.292. The number of piperazine rings is 1. The molecule has 1 saturated heterocycles. The number of benzene rings is 1. The second-order valence-electron chi connectivity index (χ2n) is 8.45. The summed E-state index contributed by atoms with van der Waals surface area (Å²) >= 11 is 0. The molecule has 1 aromatic carbocycles. The quantitative estimate of drug-likeness (QED) is 0.624. The Morgan fingerprint density at radius 1 is 0.939 bits per heavy atom. The van der Waals surface area contributed by atoms with E-state index < -0.39 is 11.9 Å². The van der Waals surface area contributed by atoms with Gasteiger partial charge in [-0.25, -0.2) is 15.4 Å². The molecule has 4 heterocycles. The monoisotopic (exact) mass is 453 g/mol. The van der Waals surface area contributed by atoms with Crippen LogP contribution in [0.2, 0.25) is 0 Å². The third-order valence-corrected chi connectivity index (χ3v) is 6.15. The van der Waals surface area contributed by atoms with Crippen LogP contribution in [0.25, 0.3) is 22.3 Å². The number of nitrogens with zero attached hydrogens (tertiary/aromatic N) is 4. The molecule has 3 aromatic rings. The summed E-state index contributed by atoms with van der Waals surface area (Å²) in [7, 11) is 0. The van der Waals surface area contributed by atoms with Crippen LogP contribution in [0.5, 0.6) is 0 Å². The SMILES string of the molecule is CC1=C2C(=O)N(c3cc(C)c(-c4ccc5nc(C(F)(F)F)ccc5n4)cc3C)CCN2NC1. The Bertz CT molecular complexity index is 1330. The molecule has 0 spiro atoms. The van der Waals surface area contributed by atoms with Crippen LogP contribution in [-0.4, -0.2) is 40.5 Å². The molecule has 170 valence electrons. The fourth-order valence-electron chi connectivity index (χ4n) is 4.44. The molecule has 9 heteroatoms. The average Bonchev–Trinajstić information content (AvgIpc) is 3.16. The summed E-state index contributed by atoms with van der Waals surface area (Å²) in [4.78, 5) is 23.2. The first kappa shape index (κ1) is 21.4. The summed E-state index contributed by atoms with van der Waals surface area (Å²) in [5.41, 5.74) is 8.82. The maximum absolute atomic E-state index is 13.2. The standard InChI is InChI=1S/C24H22F3N5O/c1-13-11-20(31-8-9-32-22(23(31)33)15(3)12-28-32)14(2)10-16(13)17-4-5-19-18(29-17)6-7-21(30-19)24(25,26)27/h4-7,10-11,28H,8-9,12H2,1-3H3. The number of hydrazine groups is 1. The van der Waals surface area contributed by atoms with Crippen LogP contribution in [0.1, 0.15) is 23.7 Å². The van der Waals surface area contributed by atoms with Gasteiger partial charge in [-0.15, -0.1) is 0 Å². The highest BCUT2D eigenvalue weighted by atomic mass is 19.4. The first-order valence-electron chi connectivity index (χ1n) is 10.6. The summed E-state index contributed by atoms with van der Waals surface area (Å²) in [5, 5.41) is 1.92. The first-order valence-corrected chi connectivity index (χ1v) is 10.6. The van der Waals surface area contributed by atoms with E-state index in [0.717, 1.165) is 34.0 Å². The number of carbonyl (C=O) groups excluding carboxylic acids is 1. The topological polar surface area (TPSA) is 61.4 Å². The van der Waals surface area contributed by atoms with Gasteiger partial charge in [-0.05, 0) is 73.9 Å². The number of halogens is 3. The van der Waals surface area contributed by atoms with Crippen molar-refractivity contribution in [2.45, 2.75) is 26.9 Å². The highest BCUT2D eigenvalue weighted by Crippen LogP contribution is 2.34. The summed E-state index contributed by atoms with van der Waals surface area (Å²) < 4.78 is 38.8. The molecule has 0 bridgehead atoms. The summed E-state index contributed by atoms with van der Waals surface area (Å²) in [6, 6.07) is 9.48. The maximum atomic E-state index is 13.2. The molecule has 1 fully saturated rings. The van der Waals surface area contributed by atoms with E-state index in [2.05, 4.69) is 15.4 Å². The number of hydrogen-bond acceptors (Lipinski definition) is 5. The molecular weight excluding hydrogens is 431 g/mol. The predicted octanol–water partition coefficient (Wildman–Crippen LogP) is 4.37. The van der Waals surface area contributed by atoms with E-state index in [1.54, 1.807) is 12.1 Å². The summed E-state index contributed by atoms with van der Waals surface area (Å²) in [5.74, 6) is -0.0191. The molecule has 0 aliphatic carbocycles. The normalized spacial score (nSPS) is 16.7. The molecule has 33 heavy (non-hydrogen) atoms. The van der Waals surface area contributed by atoms with Crippen LogP contribution in [0, 0.1) is 13.8 Å². The zero-order valence-electron chi connectivity index (χ0n) is 18.4. The van der Waals surface area contributed by atoms with E-state index in [-0.39, 0.29) is 11.4 Å². The number of pyridine rings is 2. The van der Waals surface area contributed by atoms with E-state index in [0.29, 0.717) is 36.5 Å². The lowest BCUT2D eigenvalue weighted by Gasteiger charge is -2.35. The molecule has 1 N–H and O–H groups in total. The van der Waals surface area contributed by atoms with Crippen LogP contribution >= 0.6 is 0 Å². The second kappa shape index (κ2) is 7.55. The molecule has 2 aromatic heterocycles. The molecule has 0 unspecified atom stereocenters. The summed E-state index contributed by atoms with van der Waals surface area (Å²) in [6.45, 7) is 7.81. The van der Waals surface area contributed by atoms with Gasteiger partial charge in [0, 0.05) is 24.3 Å². The highest BCUT2D eigenvalue weighted by molar-refractivity contribution is 6.07. The Balaban J connectivity index is 1.51. The van der Waals surface area contributed by atoms with Gasteiger partial charge in [0.05, 0.1) is 23.3 Å². The molecule has 0 radical (unpaired) electrons. The minimum atomic E-state index is -4.50. The Labute approximate surface area is 188 Å². The average molecular weight is 453 g/mol. The van der Waals surface area contributed by atoms with Gasteiger partial charge in [-0.2, -0.15) is 13.2 Å². The van der Waals surface area contributed by atoms with Gasteiger partial charge < -0.3 is 9.91 Å². The van der Waals surface area contributed by atoms with Crippen molar-refractivity contribution in [2.75, 3.05) is 24.5 Å². The van der Waals surface area contributed by atoms with Gasteiger partial charge in [-0.3, -0.25) is 4.79 Å². The van der Waals surface area contributed by atoms with Gasteiger partial charge in [0.1, 0.15) is 11.4 Å². The Hall–Kier alpha value is -3.46. The van der Waals surface area contributed by atoms with Crippen LogP contribution in [-0.2, 0) is 11.0 Å². The van der Waals surface area contributed by atoms with Gasteiger partial charge in [0.2, 0.25) is 0 Å². The van der Waals surface area contributed by atoms with Crippen molar-refractivity contribution in [3.05, 3.63) is 64.5 Å². The minimum Gasteiger partial charge on any atom is -0.305 e. The number of rotatable bonds is 2. The number of amides is 1. The lowest BCUT2D eigenvalue weighted by molar-refractivity contribution is -0.141. The van der Waals surface area contributed by atoms with Crippen LogP contribution in [0.15, 0.2) is 47.7 Å². The second-order valence-corrected chi connectivity index (χ2v) is 8.45. The molecule has 2 aliphatic rings. The molecule has 5 rings (SSSR count). The molecule has 1 amide bonds. The molecule has 0 saturated carbocycles. The maximum Gasteiger partial charge on any atom is 0.433 e. The van der Waals surface area contributed by atoms with Crippen molar-refractivity contribution in [3.63, 3.8) is 0 Å². The van der Waals surface area contributed by atoms with Gasteiger partial charge in [-0.1, -0.05) is 0 Å². The Kier molecular flexibility index (Phi) is 4.89. The highest BCUT2D eigenvalue weighted by Gasteiger charge is 2.35. The molecule has 6 nitrogen and oxygen atoms in total. The number of nitrogens with one attached hydrogen (secondary N) is 1. The lowest BCUT2D eigenvalue weighted by Crippen LogP contribution is -2.50. The van der Waals surface area contributed by atoms with Crippen molar-refractivity contribution in [2.24, 2.45) is 0 Å². The predicted molar refractivity (Wildman–Crippen MR) is 119 cm³/mol. The van der Waals surface area contributed by atoms with E-state index in [9.17, 15) is 18.0 Å². The number of alkyl halides is 3. The Morgan fingerprint density at radius 3 is 2.42 bits per heavy atom. The number of anilines is 1. The van der Waals surface area contributed by atoms with E-state index >= 15 is 0 Å². The third-order valence-electron chi connectivity index (χ3n) is 6.15. The number of aryl methyl sites for hydroxylation is 2. The van der Waals surface area contributed by atoms with E-state index in [1.165, 1.54) is 6.07 Å². The smallest absolute Gasteiger partial charge is 0.305 e. The molecular formula is C24H22F3N5O. The Morgan fingerprint density at radius 2 is 1.67 bits per heavy atom. The van der Waals surface area contributed by atoms with Gasteiger partial charge >= 0.3 is 6.18 Å². The van der Waals surface area contributed by atoms with E-state index in [1.807, 2.05) is 42.8 Å². The fourth-order valence-corrected chi connectivity index (χ4v) is 4.44. The first-order chi connectivity index (χ1) is 15.6. The largest absolute Gasteiger partial charge is 0.433 e. The lowest BCUT2D eigenvalue weighted by atomic mass is 9.99. The van der Waals surface area contributed by atoms with Gasteiger partial charge in [0.15, 0.2) is 0 Å². The number of aromatic nitrogens is 2.